The first-order valence-electron chi connectivity index (χ1n) is 11.0. The highest BCUT2D eigenvalue weighted by Crippen LogP contribution is 2.27. The van der Waals surface area contributed by atoms with Crippen molar-refractivity contribution < 1.29 is 18.7 Å². The summed E-state index contributed by atoms with van der Waals surface area (Å²) in [6.07, 6.45) is 0.631. The molecule has 0 radical (unpaired) electrons. The van der Waals surface area contributed by atoms with E-state index in [1.807, 2.05) is 38.1 Å². The van der Waals surface area contributed by atoms with E-state index in [9.17, 15) is 9.59 Å². The Morgan fingerprint density at radius 2 is 1.84 bits per heavy atom. The predicted octanol–water partition coefficient (Wildman–Crippen LogP) is 3.87. The van der Waals surface area contributed by atoms with Gasteiger partial charge in [-0.3, -0.25) is 9.59 Å². The number of anilines is 1. The number of alkyl halides is 1. The third kappa shape index (κ3) is 6.53. The average molecular weight is 442 g/mol. The largest absolute Gasteiger partial charge is 0.492 e. The number of amides is 2. The van der Waals surface area contributed by atoms with Crippen LogP contribution in [0.4, 0.5) is 10.1 Å². The summed E-state index contributed by atoms with van der Waals surface area (Å²) in [4.78, 5) is 25.6. The van der Waals surface area contributed by atoms with Crippen LogP contribution in [0.1, 0.15) is 41.3 Å². The molecule has 7 heteroatoms. The first-order chi connectivity index (χ1) is 15.3. The molecule has 0 saturated carbocycles. The fourth-order valence-electron chi connectivity index (χ4n) is 3.76. The number of hydrogen-bond donors (Lipinski definition) is 2. The quantitative estimate of drug-likeness (QED) is 0.610. The molecule has 0 atom stereocenters. The van der Waals surface area contributed by atoms with E-state index in [-0.39, 0.29) is 18.4 Å². The highest BCUT2D eigenvalue weighted by Gasteiger charge is 2.35. The lowest BCUT2D eigenvalue weighted by Gasteiger charge is -2.36. The molecular formula is C25H32FN3O3. The summed E-state index contributed by atoms with van der Waals surface area (Å²) in [7, 11) is 0. The van der Waals surface area contributed by atoms with Gasteiger partial charge in [0.2, 0.25) is 5.91 Å². The van der Waals surface area contributed by atoms with Crippen molar-refractivity contribution in [3.05, 3.63) is 59.2 Å². The summed E-state index contributed by atoms with van der Waals surface area (Å²) in [5, 5.41) is 5.84. The molecule has 6 nitrogen and oxygen atoms in total. The Morgan fingerprint density at radius 3 is 2.53 bits per heavy atom. The molecule has 1 aliphatic heterocycles. The van der Waals surface area contributed by atoms with Crippen molar-refractivity contribution in [1.29, 1.82) is 0 Å². The second kappa shape index (κ2) is 10.6. The highest BCUT2D eigenvalue weighted by molar-refractivity contribution is 5.94. The molecule has 0 aliphatic carbocycles. The van der Waals surface area contributed by atoms with Gasteiger partial charge in [0.1, 0.15) is 18.0 Å². The van der Waals surface area contributed by atoms with Gasteiger partial charge in [-0.15, -0.1) is 0 Å². The van der Waals surface area contributed by atoms with Crippen LogP contribution in [-0.2, 0) is 4.79 Å². The zero-order chi connectivity index (χ0) is 23.1. The van der Waals surface area contributed by atoms with Crippen LogP contribution in [0.2, 0.25) is 0 Å². The zero-order valence-electron chi connectivity index (χ0n) is 19.0. The molecular weight excluding hydrogens is 409 g/mol. The molecule has 0 aromatic heterocycles. The number of piperidine rings is 1. The minimum absolute atomic E-state index is 0.0296. The van der Waals surface area contributed by atoms with Gasteiger partial charge in [-0.05, 0) is 49.2 Å². The van der Waals surface area contributed by atoms with Crippen molar-refractivity contribution in [2.45, 2.75) is 39.3 Å². The number of carbonyl (C=O) groups excluding carboxylic acids is 2. The lowest BCUT2D eigenvalue weighted by molar-refractivity contribution is -0.114. The summed E-state index contributed by atoms with van der Waals surface area (Å²) in [6.45, 7) is 7.40. The van der Waals surface area contributed by atoms with Gasteiger partial charge in [0.15, 0.2) is 0 Å². The summed E-state index contributed by atoms with van der Waals surface area (Å²) in [6, 6.07) is 12.9. The highest BCUT2D eigenvalue weighted by atomic mass is 19.1. The fourth-order valence-corrected chi connectivity index (χ4v) is 3.76. The van der Waals surface area contributed by atoms with Crippen molar-refractivity contribution in [3.8, 4) is 5.75 Å². The van der Waals surface area contributed by atoms with Crippen molar-refractivity contribution in [3.63, 3.8) is 0 Å². The van der Waals surface area contributed by atoms with Gasteiger partial charge in [0, 0.05) is 63.3 Å². The number of benzene rings is 2. The van der Waals surface area contributed by atoms with E-state index in [0.717, 1.165) is 11.1 Å². The summed E-state index contributed by atoms with van der Waals surface area (Å²) >= 11 is 0. The van der Waals surface area contributed by atoms with Crippen molar-refractivity contribution in [1.82, 2.24) is 10.2 Å². The number of ether oxygens (including phenoxy) is 1. The Bertz CT molecular complexity index is 955. The van der Waals surface area contributed by atoms with Crippen molar-refractivity contribution in [2.24, 2.45) is 0 Å². The summed E-state index contributed by atoms with van der Waals surface area (Å²) < 4.78 is 20.8. The lowest BCUT2D eigenvalue weighted by atomic mass is 9.92. The summed E-state index contributed by atoms with van der Waals surface area (Å²) in [5.41, 5.74) is 2.25. The van der Waals surface area contributed by atoms with Crippen LogP contribution in [0.3, 0.4) is 0 Å². The molecule has 2 aromatic rings. The number of halogens is 1. The van der Waals surface area contributed by atoms with Gasteiger partial charge in [-0.1, -0.05) is 12.1 Å². The molecule has 2 aromatic carbocycles. The zero-order valence-corrected chi connectivity index (χ0v) is 19.0. The maximum Gasteiger partial charge on any atom is 0.253 e. The third-order valence-corrected chi connectivity index (χ3v) is 5.84. The third-order valence-electron chi connectivity index (χ3n) is 5.84. The molecule has 0 spiro atoms. The topological polar surface area (TPSA) is 70.7 Å². The van der Waals surface area contributed by atoms with Crippen LogP contribution in [-0.4, -0.2) is 55.2 Å². The second-order valence-electron chi connectivity index (χ2n) is 8.48. The Morgan fingerprint density at radius 1 is 1.09 bits per heavy atom. The van der Waals surface area contributed by atoms with Gasteiger partial charge >= 0.3 is 0 Å². The Balaban J connectivity index is 1.39. The standard InChI is InChI=1S/C25H32FN3O3/c1-18-7-8-21(15-19(18)2)24(31)29-12-9-25(26,10-13-29)17-27-11-14-32-23-6-4-5-22(16-23)28-20(3)30/h4-8,15-16,27H,9-14,17H2,1-3H3,(H,28,30). The number of nitrogens with zero attached hydrogens (tertiary/aromatic N) is 1. The minimum atomic E-state index is -1.33. The molecule has 2 amide bonds. The van der Waals surface area contributed by atoms with Crippen LogP contribution in [0.25, 0.3) is 0 Å². The molecule has 172 valence electrons. The first-order valence-corrected chi connectivity index (χ1v) is 11.0. The lowest BCUT2D eigenvalue weighted by Crippen LogP contribution is -2.49. The fraction of sp³-hybridized carbons (Fsp3) is 0.440. The molecule has 32 heavy (non-hydrogen) atoms. The Kier molecular flexibility index (Phi) is 7.85. The van der Waals surface area contributed by atoms with E-state index >= 15 is 4.39 Å². The van der Waals surface area contributed by atoms with E-state index in [4.69, 9.17) is 4.74 Å². The maximum absolute atomic E-state index is 15.2. The minimum Gasteiger partial charge on any atom is -0.492 e. The molecule has 2 N–H and O–H groups in total. The van der Waals surface area contributed by atoms with E-state index < -0.39 is 5.67 Å². The molecule has 0 bridgehead atoms. The SMILES string of the molecule is CC(=O)Nc1cccc(OCCNCC2(F)CCN(C(=O)c3ccc(C)c(C)c3)CC2)c1. The molecule has 3 rings (SSSR count). The van der Waals surface area contributed by atoms with E-state index in [1.165, 1.54) is 6.92 Å². The van der Waals surface area contributed by atoms with E-state index in [2.05, 4.69) is 10.6 Å². The van der Waals surface area contributed by atoms with Crippen LogP contribution >= 0.6 is 0 Å². The van der Waals surface area contributed by atoms with Crippen LogP contribution in [0.15, 0.2) is 42.5 Å². The van der Waals surface area contributed by atoms with Gasteiger partial charge in [0.05, 0.1) is 0 Å². The van der Waals surface area contributed by atoms with Crippen molar-refractivity contribution >= 4 is 17.5 Å². The van der Waals surface area contributed by atoms with Crippen LogP contribution < -0.4 is 15.4 Å². The Hall–Kier alpha value is -2.93. The van der Waals surface area contributed by atoms with Crippen LogP contribution in [0, 0.1) is 13.8 Å². The molecule has 1 saturated heterocycles. The number of nitrogens with one attached hydrogen (secondary N) is 2. The maximum atomic E-state index is 15.2. The van der Waals surface area contributed by atoms with Crippen molar-refractivity contribution in [2.75, 3.05) is 38.1 Å². The molecule has 1 heterocycles. The number of likely N-dealkylation sites (tertiary alicyclic amines) is 1. The second-order valence-corrected chi connectivity index (χ2v) is 8.48. The van der Waals surface area contributed by atoms with Gasteiger partial charge in [-0.2, -0.15) is 0 Å². The predicted molar refractivity (Wildman–Crippen MR) is 124 cm³/mol. The number of hydrogen-bond acceptors (Lipinski definition) is 4. The Labute approximate surface area is 189 Å². The summed E-state index contributed by atoms with van der Waals surface area (Å²) in [5.74, 6) is 0.475. The number of aryl methyl sites for hydroxylation is 2. The van der Waals surface area contributed by atoms with Gasteiger partial charge in [-0.25, -0.2) is 4.39 Å². The van der Waals surface area contributed by atoms with Gasteiger partial charge in [0.25, 0.3) is 5.91 Å². The number of rotatable bonds is 8. The van der Waals surface area contributed by atoms with Crippen LogP contribution in [0.5, 0.6) is 5.75 Å². The van der Waals surface area contributed by atoms with Gasteiger partial charge < -0.3 is 20.3 Å². The average Bonchev–Trinajstić information content (AvgIpc) is 2.75. The molecule has 1 aliphatic rings. The molecule has 1 fully saturated rings. The first kappa shape index (κ1) is 23.7. The van der Waals surface area contributed by atoms with E-state index in [0.29, 0.717) is 56.1 Å². The smallest absolute Gasteiger partial charge is 0.253 e. The molecule has 0 unspecified atom stereocenters. The normalized spacial score (nSPS) is 15.3. The monoisotopic (exact) mass is 441 g/mol. The number of carbonyl (C=O) groups is 2. The van der Waals surface area contributed by atoms with E-state index in [1.54, 1.807) is 23.1 Å².